The molecule has 0 saturated heterocycles. The average Bonchev–Trinajstić information content (AvgIpc) is 3.05. The normalized spacial score (nSPS) is 11.5. The first-order valence-electron chi connectivity index (χ1n) is 7.56. The van der Waals surface area contributed by atoms with Crippen LogP contribution in [0.15, 0.2) is 46.9 Å². The highest BCUT2D eigenvalue weighted by Gasteiger charge is 2.36. The van der Waals surface area contributed by atoms with E-state index in [0.29, 0.717) is 29.2 Å². The Balaban J connectivity index is 1.97. The Kier molecular flexibility index (Phi) is 5.15. The summed E-state index contributed by atoms with van der Waals surface area (Å²) < 4.78 is 14.9. The number of alkyl halides is 2. The van der Waals surface area contributed by atoms with E-state index in [2.05, 4.69) is 36.8 Å². The fourth-order valence-electron chi connectivity index (χ4n) is 2.32. The number of methoxy groups -OCH3 is 1. The SMILES string of the molecule is CCOC(=O)C(Br)(Br)c1ccc2oc(-c3ccc(OC)cc3)nc2c1. The van der Waals surface area contributed by atoms with Crippen molar-refractivity contribution in [1.29, 1.82) is 0 Å². The van der Waals surface area contributed by atoms with Crippen molar-refractivity contribution in [3.8, 4) is 17.2 Å². The van der Waals surface area contributed by atoms with Crippen LogP contribution in [0, 0.1) is 0 Å². The van der Waals surface area contributed by atoms with Crippen LogP contribution in [0.4, 0.5) is 0 Å². The van der Waals surface area contributed by atoms with Crippen molar-refractivity contribution in [3.05, 3.63) is 48.0 Å². The number of rotatable bonds is 5. The molecule has 0 aliphatic carbocycles. The number of hydrogen-bond acceptors (Lipinski definition) is 5. The van der Waals surface area contributed by atoms with E-state index < -0.39 is 9.20 Å². The lowest BCUT2D eigenvalue weighted by atomic mass is 10.1. The number of fused-ring (bicyclic) bond motifs is 1. The van der Waals surface area contributed by atoms with Crippen molar-refractivity contribution in [3.63, 3.8) is 0 Å². The summed E-state index contributed by atoms with van der Waals surface area (Å²) in [6.45, 7) is 2.06. The van der Waals surface area contributed by atoms with E-state index in [-0.39, 0.29) is 0 Å². The topological polar surface area (TPSA) is 61.6 Å². The molecule has 0 fully saturated rings. The average molecular weight is 469 g/mol. The molecule has 7 heteroatoms. The van der Waals surface area contributed by atoms with Gasteiger partial charge in [0.15, 0.2) is 5.58 Å². The maximum absolute atomic E-state index is 12.1. The quantitative estimate of drug-likeness (QED) is 0.389. The Morgan fingerprint density at radius 1 is 1.20 bits per heavy atom. The predicted octanol–water partition coefficient (Wildman–Crippen LogP) is 5.01. The zero-order valence-electron chi connectivity index (χ0n) is 13.6. The number of aromatic nitrogens is 1. The number of halogens is 2. The minimum absolute atomic E-state index is 0.297. The van der Waals surface area contributed by atoms with E-state index in [9.17, 15) is 4.79 Å². The molecule has 3 aromatic rings. The molecule has 0 unspecified atom stereocenters. The van der Waals surface area contributed by atoms with Crippen LogP contribution in [0.1, 0.15) is 12.5 Å². The summed E-state index contributed by atoms with van der Waals surface area (Å²) in [5, 5.41) is 0. The summed E-state index contributed by atoms with van der Waals surface area (Å²) in [4.78, 5) is 16.6. The number of carbonyl (C=O) groups excluding carboxylic acids is 1. The smallest absolute Gasteiger partial charge is 0.338 e. The van der Waals surface area contributed by atoms with E-state index in [1.54, 1.807) is 32.2 Å². The molecule has 0 aliphatic rings. The van der Waals surface area contributed by atoms with Crippen LogP contribution in [0.5, 0.6) is 5.75 Å². The van der Waals surface area contributed by atoms with Gasteiger partial charge in [0, 0.05) is 5.56 Å². The number of benzene rings is 2. The number of oxazole rings is 1. The maximum Gasteiger partial charge on any atom is 0.338 e. The van der Waals surface area contributed by atoms with Gasteiger partial charge in [-0.25, -0.2) is 9.78 Å². The van der Waals surface area contributed by atoms with E-state index >= 15 is 0 Å². The van der Waals surface area contributed by atoms with Gasteiger partial charge < -0.3 is 13.9 Å². The molecule has 0 saturated carbocycles. The summed E-state index contributed by atoms with van der Waals surface area (Å²) in [6.07, 6.45) is 0. The second kappa shape index (κ2) is 7.17. The van der Waals surface area contributed by atoms with Crippen molar-refractivity contribution < 1.29 is 18.7 Å². The lowest BCUT2D eigenvalue weighted by molar-refractivity contribution is -0.143. The van der Waals surface area contributed by atoms with E-state index in [1.165, 1.54) is 0 Å². The molecular weight excluding hydrogens is 454 g/mol. The molecule has 5 nitrogen and oxygen atoms in total. The predicted molar refractivity (Wildman–Crippen MR) is 102 cm³/mol. The highest BCUT2D eigenvalue weighted by molar-refractivity contribution is 9.25. The highest BCUT2D eigenvalue weighted by Crippen LogP contribution is 2.40. The van der Waals surface area contributed by atoms with Gasteiger partial charge in [-0.2, -0.15) is 0 Å². The van der Waals surface area contributed by atoms with E-state index in [4.69, 9.17) is 13.9 Å². The van der Waals surface area contributed by atoms with Gasteiger partial charge in [-0.05, 0) is 48.9 Å². The van der Waals surface area contributed by atoms with Crippen molar-refractivity contribution in [2.45, 2.75) is 10.2 Å². The summed E-state index contributed by atoms with van der Waals surface area (Å²) in [7, 11) is 1.62. The summed E-state index contributed by atoms with van der Waals surface area (Å²) >= 11 is 6.76. The molecule has 0 atom stereocenters. The summed E-state index contributed by atoms with van der Waals surface area (Å²) in [5.41, 5.74) is 2.80. The third-order valence-electron chi connectivity index (χ3n) is 3.62. The van der Waals surface area contributed by atoms with E-state index in [0.717, 1.165) is 11.3 Å². The molecule has 0 radical (unpaired) electrons. The first kappa shape index (κ1) is 17.9. The van der Waals surface area contributed by atoms with Crippen molar-refractivity contribution >= 4 is 48.9 Å². The lowest BCUT2D eigenvalue weighted by Gasteiger charge is -2.18. The van der Waals surface area contributed by atoms with Gasteiger partial charge in [0.1, 0.15) is 11.3 Å². The first-order chi connectivity index (χ1) is 12.0. The molecule has 0 bridgehead atoms. The second-order valence-corrected chi connectivity index (χ2v) is 8.67. The molecule has 1 aromatic heterocycles. The fourth-order valence-corrected chi connectivity index (χ4v) is 3.04. The van der Waals surface area contributed by atoms with Crippen molar-refractivity contribution in [1.82, 2.24) is 4.98 Å². The number of esters is 1. The molecule has 0 amide bonds. The summed E-state index contributed by atoms with van der Waals surface area (Å²) in [6, 6.07) is 12.8. The molecular formula is C18H15Br2NO4. The number of carbonyl (C=O) groups is 1. The van der Waals surface area contributed by atoms with Crippen LogP contribution >= 0.6 is 31.9 Å². The largest absolute Gasteiger partial charge is 0.497 e. The van der Waals surface area contributed by atoms with Gasteiger partial charge in [0.25, 0.3) is 0 Å². The zero-order valence-corrected chi connectivity index (χ0v) is 16.8. The van der Waals surface area contributed by atoms with Crippen LogP contribution < -0.4 is 4.74 Å². The number of ether oxygens (including phenoxy) is 2. The Bertz CT molecular complexity index is 903. The van der Waals surface area contributed by atoms with Crippen molar-refractivity contribution in [2.24, 2.45) is 0 Å². The second-order valence-electron chi connectivity index (χ2n) is 5.22. The molecule has 0 aliphatic heterocycles. The molecule has 25 heavy (non-hydrogen) atoms. The van der Waals surface area contributed by atoms with Crippen LogP contribution in [-0.2, 0) is 12.8 Å². The van der Waals surface area contributed by atoms with Crippen LogP contribution in [0.2, 0.25) is 0 Å². The van der Waals surface area contributed by atoms with Crippen LogP contribution in [0.25, 0.3) is 22.6 Å². The van der Waals surface area contributed by atoms with Crippen LogP contribution in [-0.4, -0.2) is 24.7 Å². The van der Waals surface area contributed by atoms with Gasteiger partial charge in [-0.1, -0.05) is 37.9 Å². The lowest BCUT2D eigenvalue weighted by Crippen LogP contribution is -2.24. The van der Waals surface area contributed by atoms with Gasteiger partial charge in [-0.3, -0.25) is 0 Å². The van der Waals surface area contributed by atoms with Crippen molar-refractivity contribution in [2.75, 3.05) is 13.7 Å². The minimum atomic E-state index is -1.12. The van der Waals surface area contributed by atoms with Gasteiger partial charge >= 0.3 is 5.97 Å². The highest BCUT2D eigenvalue weighted by atomic mass is 79.9. The number of nitrogens with zero attached hydrogens (tertiary/aromatic N) is 1. The molecule has 2 aromatic carbocycles. The minimum Gasteiger partial charge on any atom is -0.497 e. The monoisotopic (exact) mass is 467 g/mol. The third-order valence-corrected chi connectivity index (χ3v) is 5.18. The Hall–Kier alpha value is -1.86. The molecule has 3 rings (SSSR count). The standard InChI is InChI=1S/C18H15Br2NO4/c1-3-24-17(22)18(19,20)12-6-9-15-14(10-12)21-16(25-15)11-4-7-13(23-2)8-5-11/h4-10H,3H2,1-2H3. The Morgan fingerprint density at radius 3 is 2.56 bits per heavy atom. The molecule has 0 N–H and O–H groups in total. The molecule has 130 valence electrons. The van der Waals surface area contributed by atoms with E-state index in [1.807, 2.05) is 24.3 Å². The van der Waals surface area contributed by atoms with Gasteiger partial charge in [-0.15, -0.1) is 0 Å². The van der Waals surface area contributed by atoms with Crippen LogP contribution in [0.3, 0.4) is 0 Å². The molecule has 0 spiro atoms. The fraction of sp³-hybridized carbons (Fsp3) is 0.222. The Morgan fingerprint density at radius 2 is 1.92 bits per heavy atom. The van der Waals surface area contributed by atoms with Gasteiger partial charge in [0.05, 0.1) is 13.7 Å². The maximum atomic E-state index is 12.1. The molecule has 1 heterocycles. The number of hydrogen-bond donors (Lipinski definition) is 0. The third kappa shape index (κ3) is 3.57. The Labute approximate surface area is 161 Å². The van der Waals surface area contributed by atoms with Gasteiger partial charge in [0.2, 0.25) is 9.12 Å². The zero-order chi connectivity index (χ0) is 18.0. The summed E-state index contributed by atoms with van der Waals surface area (Å²) in [5.74, 6) is 0.842. The first-order valence-corrected chi connectivity index (χ1v) is 9.15.